The first-order valence-electron chi connectivity index (χ1n) is 6.31. The molecular weight excluding hydrogens is 230 g/mol. The zero-order chi connectivity index (χ0) is 13.1. The molecule has 0 aliphatic carbocycles. The molecule has 1 aromatic carbocycles. The first-order chi connectivity index (χ1) is 8.63. The minimum atomic E-state index is -0.883. The van der Waals surface area contributed by atoms with Crippen LogP contribution >= 0.6 is 0 Å². The second kappa shape index (κ2) is 5.40. The number of hydrogen-bond acceptors (Lipinski definition) is 3. The van der Waals surface area contributed by atoms with Gasteiger partial charge < -0.3 is 14.7 Å². The van der Waals surface area contributed by atoms with Crippen LogP contribution in [0.15, 0.2) is 18.2 Å². The molecule has 0 radical (unpaired) electrons. The SMILES string of the molecule is CCc1cccc(C)c1N1CCOC(C(=O)O)C1. The molecule has 1 unspecified atom stereocenters. The van der Waals surface area contributed by atoms with Crippen LogP contribution in [0.5, 0.6) is 0 Å². The Morgan fingerprint density at radius 2 is 2.33 bits per heavy atom. The van der Waals surface area contributed by atoms with Gasteiger partial charge in [-0.2, -0.15) is 0 Å². The molecule has 1 fully saturated rings. The predicted molar refractivity (Wildman–Crippen MR) is 70.1 cm³/mol. The lowest BCUT2D eigenvalue weighted by molar-refractivity contribution is -0.150. The number of anilines is 1. The van der Waals surface area contributed by atoms with E-state index in [0.29, 0.717) is 13.2 Å². The fraction of sp³-hybridized carbons (Fsp3) is 0.500. The summed E-state index contributed by atoms with van der Waals surface area (Å²) in [6.45, 7) is 5.83. The summed E-state index contributed by atoms with van der Waals surface area (Å²) in [4.78, 5) is 13.2. The third-order valence-corrected chi connectivity index (χ3v) is 3.36. The third kappa shape index (κ3) is 2.48. The minimum Gasteiger partial charge on any atom is -0.479 e. The summed E-state index contributed by atoms with van der Waals surface area (Å²) in [6.07, 6.45) is 0.231. The van der Waals surface area contributed by atoms with Crippen molar-refractivity contribution in [2.24, 2.45) is 0 Å². The van der Waals surface area contributed by atoms with Gasteiger partial charge >= 0.3 is 5.97 Å². The van der Waals surface area contributed by atoms with Crippen molar-refractivity contribution in [3.05, 3.63) is 29.3 Å². The molecule has 2 rings (SSSR count). The average molecular weight is 249 g/mol. The summed E-state index contributed by atoms with van der Waals surface area (Å²) in [7, 11) is 0. The molecular formula is C14H19NO3. The van der Waals surface area contributed by atoms with Gasteiger partial charge in [-0.15, -0.1) is 0 Å². The third-order valence-electron chi connectivity index (χ3n) is 3.36. The number of carboxylic acid groups (broad SMARTS) is 1. The zero-order valence-corrected chi connectivity index (χ0v) is 10.8. The molecule has 98 valence electrons. The van der Waals surface area contributed by atoms with Crippen molar-refractivity contribution < 1.29 is 14.6 Å². The van der Waals surface area contributed by atoms with E-state index < -0.39 is 12.1 Å². The summed E-state index contributed by atoms with van der Waals surface area (Å²) in [6, 6.07) is 6.22. The van der Waals surface area contributed by atoms with Crippen LogP contribution in [0.25, 0.3) is 0 Å². The fourth-order valence-corrected chi connectivity index (χ4v) is 2.46. The van der Waals surface area contributed by atoms with E-state index >= 15 is 0 Å². The molecule has 0 saturated carbocycles. The van der Waals surface area contributed by atoms with Crippen molar-refractivity contribution in [3.63, 3.8) is 0 Å². The van der Waals surface area contributed by atoms with Gasteiger partial charge in [0.2, 0.25) is 0 Å². The van der Waals surface area contributed by atoms with Gasteiger partial charge in [0.15, 0.2) is 6.10 Å². The highest BCUT2D eigenvalue weighted by Gasteiger charge is 2.27. The Morgan fingerprint density at radius 1 is 1.56 bits per heavy atom. The Morgan fingerprint density at radius 3 is 3.00 bits per heavy atom. The van der Waals surface area contributed by atoms with Gasteiger partial charge in [-0.05, 0) is 24.5 Å². The van der Waals surface area contributed by atoms with Gasteiger partial charge in [0.25, 0.3) is 0 Å². The second-order valence-electron chi connectivity index (χ2n) is 4.58. The Balaban J connectivity index is 2.28. The maximum absolute atomic E-state index is 11.0. The molecule has 1 heterocycles. The van der Waals surface area contributed by atoms with Crippen molar-refractivity contribution in [1.29, 1.82) is 0 Å². The molecule has 1 aromatic rings. The molecule has 0 aromatic heterocycles. The van der Waals surface area contributed by atoms with Gasteiger partial charge in [-0.3, -0.25) is 0 Å². The highest BCUT2D eigenvalue weighted by molar-refractivity contribution is 5.74. The summed E-state index contributed by atoms with van der Waals surface area (Å²) < 4.78 is 5.26. The van der Waals surface area contributed by atoms with Crippen LogP contribution in [0, 0.1) is 6.92 Å². The molecule has 4 nitrogen and oxygen atoms in total. The molecule has 18 heavy (non-hydrogen) atoms. The van der Waals surface area contributed by atoms with E-state index in [1.165, 1.54) is 16.8 Å². The number of morpholine rings is 1. The van der Waals surface area contributed by atoms with Crippen LogP contribution in [-0.4, -0.2) is 36.9 Å². The van der Waals surface area contributed by atoms with Crippen molar-refractivity contribution >= 4 is 11.7 Å². The smallest absolute Gasteiger partial charge is 0.334 e. The standard InChI is InChI=1S/C14H19NO3/c1-3-11-6-4-5-10(2)13(11)15-7-8-18-12(9-15)14(16)17/h4-6,12H,3,7-9H2,1-2H3,(H,16,17). The number of hydrogen-bond donors (Lipinski definition) is 1. The van der Waals surface area contributed by atoms with Crippen LogP contribution in [-0.2, 0) is 16.0 Å². The molecule has 1 aliphatic heterocycles. The summed E-state index contributed by atoms with van der Waals surface area (Å²) >= 11 is 0. The monoisotopic (exact) mass is 249 g/mol. The maximum Gasteiger partial charge on any atom is 0.334 e. The highest BCUT2D eigenvalue weighted by atomic mass is 16.5. The van der Waals surface area contributed by atoms with Crippen LogP contribution in [0.4, 0.5) is 5.69 Å². The molecule has 1 N–H and O–H groups in total. The Labute approximate surface area is 107 Å². The molecule has 1 saturated heterocycles. The van der Waals surface area contributed by atoms with Crippen molar-refractivity contribution in [2.45, 2.75) is 26.4 Å². The van der Waals surface area contributed by atoms with E-state index in [-0.39, 0.29) is 0 Å². The highest BCUT2D eigenvalue weighted by Crippen LogP contribution is 2.27. The molecule has 4 heteroatoms. The summed E-state index contributed by atoms with van der Waals surface area (Å²) in [5.41, 5.74) is 3.64. The van der Waals surface area contributed by atoms with Crippen LogP contribution in [0.1, 0.15) is 18.1 Å². The lowest BCUT2D eigenvalue weighted by Gasteiger charge is -2.34. The molecule has 0 amide bonds. The average Bonchev–Trinajstić information content (AvgIpc) is 2.38. The lowest BCUT2D eigenvalue weighted by atomic mass is 10.0. The maximum atomic E-state index is 11.0. The number of ether oxygens (including phenoxy) is 1. The fourth-order valence-electron chi connectivity index (χ4n) is 2.46. The van der Waals surface area contributed by atoms with E-state index in [4.69, 9.17) is 9.84 Å². The van der Waals surface area contributed by atoms with E-state index in [1.807, 2.05) is 6.07 Å². The van der Waals surface area contributed by atoms with Crippen molar-refractivity contribution in [1.82, 2.24) is 0 Å². The number of rotatable bonds is 3. The van der Waals surface area contributed by atoms with E-state index in [1.54, 1.807) is 0 Å². The normalized spacial score (nSPS) is 19.9. The topological polar surface area (TPSA) is 49.8 Å². The van der Waals surface area contributed by atoms with Gasteiger partial charge in [0.1, 0.15) is 0 Å². The number of nitrogens with zero attached hydrogens (tertiary/aromatic N) is 1. The van der Waals surface area contributed by atoms with Crippen molar-refractivity contribution in [3.8, 4) is 0 Å². The van der Waals surface area contributed by atoms with Gasteiger partial charge in [0.05, 0.1) is 13.2 Å². The zero-order valence-electron chi connectivity index (χ0n) is 10.8. The minimum absolute atomic E-state index is 0.424. The Hall–Kier alpha value is -1.55. The summed E-state index contributed by atoms with van der Waals surface area (Å²) in [5, 5.41) is 9.05. The molecule has 0 bridgehead atoms. The number of aryl methyl sites for hydroxylation is 2. The number of para-hydroxylation sites is 1. The van der Waals surface area contributed by atoms with E-state index in [0.717, 1.165) is 13.0 Å². The van der Waals surface area contributed by atoms with Crippen LogP contribution in [0.2, 0.25) is 0 Å². The Kier molecular flexibility index (Phi) is 3.87. The lowest BCUT2D eigenvalue weighted by Crippen LogP contribution is -2.46. The molecule has 1 atom stereocenters. The second-order valence-corrected chi connectivity index (χ2v) is 4.58. The van der Waals surface area contributed by atoms with Gasteiger partial charge in [0, 0.05) is 12.2 Å². The number of benzene rings is 1. The molecule has 0 spiro atoms. The van der Waals surface area contributed by atoms with Crippen LogP contribution < -0.4 is 4.90 Å². The summed E-state index contributed by atoms with van der Waals surface area (Å²) in [5.74, 6) is -0.883. The van der Waals surface area contributed by atoms with E-state index in [9.17, 15) is 4.79 Å². The first-order valence-corrected chi connectivity index (χ1v) is 6.31. The van der Waals surface area contributed by atoms with E-state index in [2.05, 4.69) is 30.9 Å². The largest absolute Gasteiger partial charge is 0.479 e. The Bertz CT molecular complexity index is 445. The van der Waals surface area contributed by atoms with Crippen LogP contribution in [0.3, 0.4) is 0 Å². The van der Waals surface area contributed by atoms with Gasteiger partial charge in [-0.25, -0.2) is 4.79 Å². The van der Waals surface area contributed by atoms with Crippen molar-refractivity contribution in [2.75, 3.05) is 24.6 Å². The van der Waals surface area contributed by atoms with Gasteiger partial charge in [-0.1, -0.05) is 25.1 Å². The quantitative estimate of drug-likeness (QED) is 0.888. The first kappa shape index (κ1) is 12.9. The number of carboxylic acids is 1. The predicted octanol–water partition coefficient (Wildman–Crippen LogP) is 1.85. The number of aliphatic carboxylic acids is 1. The number of carbonyl (C=O) groups is 1. The molecule has 1 aliphatic rings.